The molecule has 0 aliphatic heterocycles. The zero-order valence-corrected chi connectivity index (χ0v) is 13.8. The highest BCUT2D eigenvalue weighted by Gasteiger charge is 2.25. The number of nitrogens with one attached hydrogen (secondary N) is 2. The molecule has 0 atom stereocenters. The van der Waals surface area contributed by atoms with E-state index in [0.717, 1.165) is 0 Å². The number of methoxy groups -OCH3 is 1. The quantitative estimate of drug-likeness (QED) is 0.774. The van der Waals surface area contributed by atoms with E-state index in [2.05, 4.69) is 26.0 Å². The Morgan fingerprint density at radius 3 is 2.63 bits per heavy atom. The van der Waals surface area contributed by atoms with Crippen LogP contribution in [0.4, 0.5) is 0 Å². The van der Waals surface area contributed by atoms with Crippen molar-refractivity contribution < 1.29 is 17.6 Å². The Kier molecular flexibility index (Phi) is 5.57. The van der Waals surface area contributed by atoms with Crippen molar-refractivity contribution in [3.8, 4) is 0 Å². The minimum atomic E-state index is -3.63. The van der Waals surface area contributed by atoms with Crippen LogP contribution in [0.5, 0.6) is 0 Å². The number of ether oxygens (including phenoxy) is 1. The van der Waals surface area contributed by atoms with Crippen molar-refractivity contribution in [2.24, 2.45) is 0 Å². The fraction of sp³-hybridized carbons (Fsp3) is 0.636. The first-order valence-corrected chi connectivity index (χ1v) is 7.97. The molecule has 0 aliphatic carbocycles. The molecule has 0 amide bonds. The monoisotopic (exact) mass is 354 g/mol. The van der Waals surface area contributed by atoms with Crippen LogP contribution in [0.1, 0.15) is 19.6 Å². The van der Waals surface area contributed by atoms with E-state index < -0.39 is 15.6 Å². The molecule has 0 aliphatic rings. The molecule has 2 N–H and O–H groups in total. The van der Waals surface area contributed by atoms with Crippen LogP contribution in [0.15, 0.2) is 20.0 Å². The SMILES string of the molecule is CNCc1cc(S(=O)(=O)NCC(C)(C)OC)c(Br)o1. The van der Waals surface area contributed by atoms with Crippen molar-refractivity contribution >= 4 is 26.0 Å². The molecule has 1 rings (SSSR count). The number of hydrogen-bond donors (Lipinski definition) is 2. The molecule has 0 spiro atoms. The predicted molar refractivity (Wildman–Crippen MR) is 75.4 cm³/mol. The van der Waals surface area contributed by atoms with E-state index >= 15 is 0 Å². The van der Waals surface area contributed by atoms with E-state index in [4.69, 9.17) is 9.15 Å². The predicted octanol–water partition coefficient (Wildman–Crippen LogP) is 1.46. The molecule has 110 valence electrons. The second kappa shape index (κ2) is 6.36. The van der Waals surface area contributed by atoms with Gasteiger partial charge in [0.15, 0.2) is 4.67 Å². The first kappa shape index (κ1) is 16.6. The summed E-state index contributed by atoms with van der Waals surface area (Å²) >= 11 is 3.12. The molecule has 0 bridgehead atoms. The number of rotatable bonds is 7. The lowest BCUT2D eigenvalue weighted by Crippen LogP contribution is -2.39. The second-order valence-electron chi connectivity index (χ2n) is 4.67. The van der Waals surface area contributed by atoms with E-state index in [-0.39, 0.29) is 16.1 Å². The standard InChI is InChI=1S/C11H19BrN2O4S/c1-11(2,17-4)7-14-19(15,16)9-5-8(6-13-3)18-10(9)12/h5,13-14H,6-7H2,1-4H3. The Labute approximate surface area is 122 Å². The van der Waals surface area contributed by atoms with Crippen molar-refractivity contribution in [1.29, 1.82) is 0 Å². The second-order valence-corrected chi connectivity index (χ2v) is 7.12. The summed E-state index contributed by atoms with van der Waals surface area (Å²) in [5, 5.41) is 2.89. The highest BCUT2D eigenvalue weighted by molar-refractivity contribution is 9.10. The Hall–Kier alpha value is -0.410. The summed E-state index contributed by atoms with van der Waals surface area (Å²) in [7, 11) is -0.341. The number of sulfonamides is 1. The Bertz CT molecular complexity index is 525. The first-order valence-electron chi connectivity index (χ1n) is 5.69. The molecule has 0 unspecified atom stereocenters. The molecule has 0 saturated heterocycles. The third kappa shape index (κ3) is 4.57. The topological polar surface area (TPSA) is 80.6 Å². The molecule has 8 heteroatoms. The fourth-order valence-electron chi connectivity index (χ4n) is 1.26. The molecule has 19 heavy (non-hydrogen) atoms. The summed E-state index contributed by atoms with van der Waals surface area (Å²) in [5.74, 6) is 0.542. The summed E-state index contributed by atoms with van der Waals surface area (Å²) < 4.78 is 37.5. The van der Waals surface area contributed by atoms with Gasteiger partial charge in [0.25, 0.3) is 0 Å². The van der Waals surface area contributed by atoms with Gasteiger partial charge >= 0.3 is 0 Å². The van der Waals surface area contributed by atoms with Crippen molar-refractivity contribution in [2.75, 3.05) is 20.7 Å². The van der Waals surface area contributed by atoms with Gasteiger partial charge in [-0.1, -0.05) is 0 Å². The van der Waals surface area contributed by atoms with Gasteiger partial charge < -0.3 is 14.5 Å². The maximum atomic E-state index is 12.2. The van der Waals surface area contributed by atoms with Crippen LogP contribution in [0.3, 0.4) is 0 Å². The maximum absolute atomic E-state index is 12.2. The average Bonchev–Trinajstić information content (AvgIpc) is 2.70. The van der Waals surface area contributed by atoms with Gasteiger partial charge in [-0.2, -0.15) is 0 Å². The summed E-state index contributed by atoms with van der Waals surface area (Å²) in [6.45, 7) is 4.22. The third-order valence-electron chi connectivity index (χ3n) is 2.59. The van der Waals surface area contributed by atoms with Gasteiger partial charge in [0, 0.05) is 19.7 Å². The van der Waals surface area contributed by atoms with Crippen molar-refractivity contribution in [3.63, 3.8) is 0 Å². The Morgan fingerprint density at radius 2 is 2.11 bits per heavy atom. The molecule has 0 fully saturated rings. The minimum absolute atomic E-state index is 0.0876. The molecule has 1 aromatic rings. The fourth-order valence-corrected chi connectivity index (χ4v) is 3.46. The lowest BCUT2D eigenvalue weighted by molar-refractivity contribution is 0.0276. The molecule has 1 heterocycles. The molecular formula is C11H19BrN2O4S. The zero-order valence-electron chi connectivity index (χ0n) is 11.4. The lowest BCUT2D eigenvalue weighted by atomic mass is 10.1. The van der Waals surface area contributed by atoms with E-state index in [0.29, 0.717) is 12.3 Å². The smallest absolute Gasteiger partial charge is 0.245 e. The molecular weight excluding hydrogens is 336 g/mol. The van der Waals surface area contributed by atoms with Gasteiger partial charge in [-0.3, -0.25) is 0 Å². The van der Waals surface area contributed by atoms with Crippen LogP contribution in [-0.2, 0) is 21.3 Å². The van der Waals surface area contributed by atoms with E-state index in [9.17, 15) is 8.42 Å². The number of halogens is 1. The Balaban J connectivity index is 2.88. The highest BCUT2D eigenvalue weighted by Crippen LogP contribution is 2.26. The largest absolute Gasteiger partial charge is 0.452 e. The number of furan rings is 1. The van der Waals surface area contributed by atoms with Crippen LogP contribution in [0.25, 0.3) is 0 Å². The summed E-state index contributed by atoms with van der Waals surface area (Å²) in [6.07, 6.45) is 0. The zero-order chi connectivity index (χ0) is 14.7. The van der Waals surface area contributed by atoms with Crippen LogP contribution in [0, 0.1) is 0 Å². The van der Waals surface area contributed by atoms with Gasteiger partial charge in [0.1, 0.15) is 10.7 Å². The van der Waals surface area contributed by atoms with Crippen molar-refractivity contribution in [2.45, 2.75) is 30.9 Å². The summed E-state index contributed by atoms with van der Waals surface area (Å²) in [6, 6.07) is 1.49. The average molecular weight is 355 g/mol. The molecule has 0 radical (unpaired) electrons. The third-order valence-corrected chi connectivity index (χ3v) is 4.85. The van der Waals surface area contributed by atoms with Crippen molar-refractivity contribution in [1.82, 2.24) is 10.0 Å². The van der Waals surface area contributed by atoms with Gasteiger partial charge in [0.05, 0.1) is 12.1 Å². The van der Waals surface area contributed by atoms with Gasteiger partial charge in [-0.15, -0.1) is 0 Å². The normalized spacial score (nSPS) is 12.9. The summed E-state index contributed by atoms with van der Waals surface area (Å²) in [5.41, 5.74) is -0.572. The molecule has 1 aromatic heterocycles. The lowest BCUT2D eigenvalue weighted by Gasteiger charge is -2.22. The highest BCUT2D eigenvalue weighted by atomic mass is 79.9. The van der Waals surface area contributed by atoms with Crippen LogP contribution >= 0.6 is 15.9 Å². The maximum Gasteiger partial charge on any atom is 0.245 e. The molecule has 0 saturated carbocycles. The van der Waals surface area contributed by atoms with Crippen LogP contribution in [-0.4, -0.2) is 34.7 Å². The van der Waals surface area contributed by atoms with Gasteiger partial charge in [0.2, 0.25) is 10.0 Å². The minimum Gasteiger partial charge on any atom is -0.452 e. The first-order chi connectivity index (χ1) is 8.72. The van der Waals surface area contributed by atoms with Gasteiger partial charge in [-0.05, 0) is 36.8 Å². The van der Waals surface area contributed by atoms with E-state index in [1.54, 1.807) is 20.9 Å². The van der Waals surface area contributed by atoms with Crippen molar-refractivity contribution in [3.05, 3.63) is 16.5 Å². The van der Waals surface area contributed by atoms with Crippen LogP contribution < -0.4 is 10.0 Å². The Morgan fingerprint density at radius 1 is 1.47 bits per heavy atom. The number of hydrogen-bond acceptors (Lipinski definition) is 5. The van der Waals surface area contributed by atoms with E-state index in [1.165, 1.54) is 13.2 Å². The molecule has 0 aromatic carbocycles. The van der Waals surface area contributed by atoms with Crippen LogP contribution in [0.2, 0.25) is 0 Å². The van der Waals surface area contributed by atoms with Gasteiger partial charge in [-0.25, -0.2) is 13.1 Å². The molecule has 6 nitrogen and oxygen atoms in total. The van der Waals surface area contributed by atoms with E-state index in [1.807, 2.05) is 0 Å². The summed E-state index contributed by atoms with van der Waals surface area (Å²) in [4.78, 5) is 0.0876.